The van der Waals surface area contributed by atoms with Gasteiger partial charge in [-0.1, -0.05) is 0 Å². The van der Waals surface area contributed by atoms with Crippen LogP contribution in [0.4, 0.5) is 0 Å². The van der Waals surface area contributed by atoms with Gasteiger partial charge in [0.25, 0.3) is 0 Å². The SMILES string of the molecule is [K+].[K+].[N-]=[N+]=C(S(=O)(=O)[O-])S(=O)(=O)[O-]. The van der Waals surface area contributed by atoms with Crippen LogP contribution in [0.1, 0.15) is 0 Å². The Morgan fingerprint density at radius 3 is 1.23 bits per heavy atom. The number of nitrogens with zero attached hydrogens (tertiary/aromatic N) is 2. The van der Waals surface area contributed by atoms with Gasteiger partial charge in [-0.25, -0.2) is 16.8 Å². The Hall–Kier alpha value is 2.47. The third-order valence-corrected chi connectivity index (χ3v) is 2.75. The second-order valence-corrected chi connectivity index (χ2v) is 4.12. The maximum absolute atomic E-state index is 9.78. The van der Waals surface area contributed by atoms with Crippen molar-refractivity contribution in [2.45, 2.75) is 0 Å². The van der Waals surface area contributed by atoms with Crippen molar-refractivity contribution in [2.24, 2.45) is 0 Å². The topological polar surface area (TPSA) is 151 Å². The molecule has 0 aliphatic carbocycles. The minimum atomic E-state index is -5.52. The van der Waals surface area contributed by atoms with Crippen LogP contribution in [0.25, 0.3) is 5.53 Å². The zero-order valence-electron chi connectivity index (χ0n) is 6.66. The Balaban J connectivity index is -0.000000500. The summed E-state index contributed by atoms with van der Waals surface area (Å²) in [6, 6.07) is 0. The van der Waals surface area contributed by atoms with Gasteiger partial charge in [-0.2, -0.15) is 0 Å². The standard InChI is InChI=1S/CH2N2O6S2.2K/c2-3-1(10(4,5)6)11(7,8)9;;/h(H,4,5,6)(H,7,8,9);;/q;2*+1/p-2. The Morgan fingerprint density at radius 1 is 1.00 bits per heavy atom. The first-order valence-corrected chi connectivity index (χ1v) is 4.65. The van der Waals surface area contributed by atoms with E-state index in [0.29, 0.717) is 0 Å². The zero-order valence-corrected chi connectivity index (χ0v) is 14.5. The predicted octanol–water partition coefficient (Wildman–Crippen LogP) is -8.33. The summed E-state index contributed by atoms with van der Waals surface area (Å²) in [6.45, 7) is 0. The van der Waals surface area contributed by atoms with Crippen molar-refractivity contribution in [2.75, 3.05) is 0 Å². The second kappa shape index (κ2) is 7.70. The average Bonchev–Trinajstić information content (AvgIpc) is 1.56. The minimum Gasteiger partial charge on any atom is -0.738 e. The number of rotatable bonds is 0. The summed E-state index contributed by atoms with van der Waals surface area (Å²) in [5.41, 5.74) is 7.63. The molecule has 0 aromatic carbocycles. The molecule has 0 heterocycles. The van der Waals surface area contributed by atoms with Crippen molar-refractivity contribution in [3.05, 3.63) is 5.53 Å². The fraction of sp³-hybridized carbons (Fsp3) is 0. The van der Waals surface area contributed by atoms with Crippen LogP contribution in [0.5, 0.6) is 0 Å². The summed E-state index contributed by atoms with van der Waals surface area (Å²) in [7, 11) is -11.0. The molecule has 0 fully saturated rings. The quantitative estimate of drug-likeness (QED) is 0.107. The Bertz CT molecular complexity index is 368. The van der Waals surface area contributed by atoms with Crippen molar-refractivity contribution >= 4 is 24.6 Å². The van der Waals surface area contributed by atoms with Gasteiger partial charge in [-0.3, -0.25) is 0 Å². The molecular weight excluding hydrogens is 278 g/mol. The molecule has 0 aliphatic heterocycles. The average molecular weight is 278 g/mol. The van der Waals surface area contributed by atoms with E-state index in [0.717, 1.165) is 0 Å². The molecule has 0 atom stereocenters. The van der Waals surface area contributed by atoms with Gasteiger partial charge in [-0.15, -0.1) is 4.79 Å². The summed E-state index contributed by atoms with van der Waals surface area (Å²) < 4.78 is 56.4. The van der Waals surface area contributed by atoms with E-state index in [1.54, 1.807) is 4.79 Å². The van der Waals surface area contributed by atoms with Gasteiger partial charge in [0.2, 0.25) is 20.2 Å². The normalized spacial score (nSPS) is 10.3. The molecule has 0 spiro atoms. The van der Waals surface area contributed by atoms with Gasteiger partial charge in [0, 0.05) is 0 Å². The summed E-state index contributed by atoms with van der Waals surface area (Å²) in [6.07, 6.45) is 0. The van der Waals surface area contributed by atoms with Gasteiger partial charge in [-0.05, 0) is 0 Å². The third kappa shape index (κ3) is 8.30. The minimum absolute atomic E-state index is 0. The van der Waals surface area contributed by atoms with E-state index in [2.05, 4.69) is 0 Å². The fourth-order valence-corrected chi connectivity index (χ4v) is 1.43. The van der Waals surface area contributed by atoms with Crippen molar-refractivity contribution in [1.82, 2.24) is 0 Å². The van der Waals surface area contributed by atoms with Crippen molar-refractivity contribution in [1.29, 1.82) is 0 Å². The first kappa shape index (κ1) is 20.8. The molecule has 64 valence electrons. The van der Waals surface area contributed by atoms with Crippen molar-refractivity contribution < 1.29 is 134 Å². The van der Waals surface area contributed by atoms with E-state index in [-0.39, 0.29) is 103 Å². The molecule has 0 amide bonds. The molecule has 0 saturated heterocycles. The first-order chi connectivity index (χ1) is 4.69. The fourth-order valence-electron chi connectivity index (χ4n) is 0.225. The monoisotopic (exact) mass is 278 g/mol. The predicted molar refractivity (Wildman–Crippen MR) is 28.0 cm³/mol. The van der Waals surface area contributed by atoms with Crippen LogP contribution in [0, 0.1) is 0 Å². The van der Waals surface area contributed by atoms with Gasteiger partial charge in [0.15, 0.2) is 0 Å². The largest absolute Gasteiger partial charge is 1.00 e. The molecule has 0 aliphatic rings. The molecule has 0 bridgehead atoms. The Kier molecular flexibility index (Phi) is 12.3. The summed E-state index contributed by atoms with van der Waals surface area (Å²) in [5, 5.41) is 0. The van der Waals surface area contributed by atoms with Crippen LogP contribution < -0.4 is 103 Å². The van der Waals surface area contributed by atoms with Crippen LogP contribution >= 0.6 is 0 Å². The van der Waals surface area contributed by atoms with Crippen molar-refractivity contribution in [3.63, 3.8) is 0 Å². The Morgan fingerprint density at radius 2 is 1.23 bits per heavy atom. The molecule has 12 heteroatoms. The van der Waals surface area contributed by atoms with E-state index >= 15 is 0 Å². The molecular formula is CK2N2O6S2. The van der Waals surface area contributed by atoms with Gasteiger partial charge in [0.05, 0.1) is 0 Å². The van der Waals surface area contributed by atoms with Crippen molar-refractivity contribution in [3.8, 4) is 0 Å². The first-order valence-electron chi connectivity index (χ1n) is 1.83. The van der Waals surface area contributed by atoms with Crippen LogP contribution in [-0.2, 0) is 20.2 Å². The van der Waals surface area contributed by atoms with E-state index in [1.165, 1.54) is 0 Å². The van der Waals surface area contributed by atoms with Gasteiger partial charge in [0.1, 0.15) is 0 Å². The number of hydrogen-bond acceptors (Lipinski definition) is 6. The van der Waals surface area contributed by atoms with E-state index in [4.69, 9.17) is 5.53 Å². The van der Waals surface area contributed by atoms with Crippen LogP contribution in [0.3, 0.4) is 0 Å². The summed E-state index contributed by atoms with van der Waals surface area (Å²) in [5.74, 6) is 0. The number of hydrogen-bond donors (Lipinski definition) is 0. The smallest absolute Gasteiger partial charge is 0.738 e. The molecule has 0 rings (SSSR count). The van der Waals surface area contributed by atoms with E-state index in [9.17, 15) is 25.9 Å². The molecule has 8 nitrogen and oxygen atoms in total. The van der Waals surface area contributed by atoms with Crippen LogP contribution in [-0.4, -0.2) is 35.1 Å². The summed E-state index contributed by atoms with van der Waals surface area (Å²) in [4.78, 5) is 1.55. The third-order valence-electron chi connectivity index (χ3n) is 0.509. The molecule has 0 unspecified atom stereocenters. The molecule has 0 radical (unpaired) electrons. The zero-order chi connectivity index (χ0) is 9.28. The molecule has 13 heavy (non-hydrogen) atoms. The van der Waals surface area contributed by atoms with E-state index < -0.39 is 24.6 Å². The van der Waals surface area contributed by atoms with E-state index in [1.807, 2.05) is 0 Å². The maximum Gasteiger partial charge on any atom is 1.00 e. The summed E-state index contributed by atoms with van der Waals surface area (Å²) >= 11 is 0. The molecule has 0 N–H and O–H groups in total. The molecule has 0 aromatic rings. The second-order valence-electron chi connectivity index (χ2n) is 1.27. The Labute approximate surface area is 159 Å². The van der Waals surface area contributed by atoms with Gasteiger partial charge < -0.3 is 14.6 Å². The maximum atomic E-state index is 9.78. The molecule has 0 aromatic heterocycles. The van der Waals surface area contributed by atoms with Crippen LogP contribution in [0.15, 0.2) is 0 Å². The van der Waals surface area contributed by atoms with Crippen LogP contribution in [0.2, 0.25) is 0 Å². The van der Waals surface area contributed by atoms with Gasteiger partial charge >= 0.3 is 107 Å². The molecule has 0 saturated carbocycles.